The van der Waals surface area contributed by atoms with Crippen molar-refractivity contribution < 1.29 is 13.0 Å². The molecule has 0 aliphatic rings. The van der Waals surface area contributed by atoms with Crippen molar-refractivity contribution in [3.05, 3.63) is 15.3 Å². The van der Waals surface area contributed by atoms with Gasteiger partial charge in [0.1, 0.15) is 4.90 Å². The van der Waals surface area contributed by atoms with Crippen molar-refractivity contribution in [1.82, 2.24) is 0 Å². The lowest BCUT2D eigenvalue weighted by atomic mass is 10.0. The highest BCUT2D eigenvalue weighted by atomic mass is 32.2. The van der Waals surface area contributed by atoms with Crippen molar-refractivity contribution >= 4 is 21.5 Å². The molecular weight excluding hydrogens is 328 g/mol. The van der Waals surface area contributed by atoms with Gasteiger partial charge in [-0.3, -0.25) is 4.55 Å². The highest BCUT2D eigenvalue weighted by molar-refractivity contribution is 7.86. The smallest absolute Gasteiger partial charge is 0.282 e. The number of thiophene rings is 1. The number of hydrogen-bond acceptors (Lipinski definition) is 3. The molecule has 5 heteroatoms. The molecule has 1 aromatic rings. The van der Waals surface area contributed by atoms with Gasteiger partial charge in [0.15, 0.2) is 0 Å². The van der Waals surface area contributed by atoms with Crippen molar-refractivity contribution in [2.24, 2.45) is 0 Å². The monoisotopic (exact) mass is 360 g/mol. The van der Waals surface area contributed by atoms with Crippen LogP contribution in [0.25, 0.3) is 0 Å². The van der Waals surface area contributed by atoms with Crippen LogP contribution in [-0.2, 0) is 16.5 Å². The summed E-state index contributed by atoms with van der Waals surface area (Å²) in [7, 11) is -4.10. The lowest BCUT2D eigenvalue weighted by Crippen LogP contribution is -2.03. The first-order valence-electron chi connectivity index (χ1n) is 8.94. The standard InChI is InChI=1S/C18H32O3S2/c1-4-5-6-7-8-9-10-11-12-13-14-17-15(2)22-16(3)18(17)23(19,20)21/h4-14H2,1-3H3,(H,19,20,21). The van der Waals surface area contributed by atoms with Gasteiger partial charge < -0.3 is 0 Å². The van der Waals surface area contributed by atoms with Crippen LogP contribution in [0.4, 0.5) is 0 Å². The predicted molar refractivity (Wildman–Crippen MR) is 99.2 cm³/mol. The summed E-state index contributed by atoms with van der Waals surface area (Å²) in [5.74, 6) is 0. The average Bonchev–Trinajstić information content (AvgIpc) is 2.75. The molecule has 23 heavy (non-hydrogen) atoms. The van der Waals surface area contributed by atoms with E-state index in [1.165, 1.54) is 62.7 Å². The summed E-state index contributed by atoms with van der Waals surface area (Å²) in [6.45, 7) is 5.95. The van der Waals surface area contributed by atoms with Gasteiger partial charge in [-0.1, -0.05) is 64.7 Å². The summed E-state index contributed by atoms with van der Waals surface area (Å²) in [4.78, 5) is 1.88. The van der Waals surface area contributed by atoms with Gasteiger partial charge in [-0.2, -0.15) is 8.42 Å². The van der Waals surface area contributed by atoms with Gasteiger partial charge >= 0.3 is 0 Å². The summed E-state index contributed by atoms with van der Waals surface area (Å²) in [5.41, 5.74) is 0.828. The third-order valence-corrected chi connectivity index (χ3v) is 6.62. The number of hydrogen-bond donors (Lipinski definition) is 1. The van der Waals surface area contributed by atoms with Crippen molar-refractivity contribution in [3.8, 4) is 0 Å². The van der Waals surface area contributed by atoms with Crippen molar-refractivity contribution in [2.45, 2.75) is 96.3 Å². The average molecular weight is 361 g/mol. The van der Waals surface area contributed by atoms with Crippen LogP contribution in [-0.4, -0.2) is 13.0 Å². The fourth-order valence-corrected chi connectivity index (χ4v) is 5.56. The third kappa shape index (κ3) is 7.36. The van der Waals surface area contributed by atoms with E-state index in [2.05, 4.69) is 6.92 Å². The van der Waals surface area contributed by atoms with E-state index in [-0.39, 0.29) is 4.90 Å². The fraction of sp³-hybridized carbons (Fsp3) is 0.778. The zero-order valence-corrected chi connectivity index (χ0v) is 16.5. The van der Waals surface area contributed by atoms with Crippen molar-refractivity contribution in [2.75, 3.05) is 0 Å². The van der Waals surface area contributed by atoms with Gasteiger partial charge in [0.05, 0.1) is 0 Å². The highest BCUT2D eigenvalue weighted by Crippen LogP contribution is 2.32. The van der Waals surface area contributed by atoms with Gasteiger partial charge in [0, 0.05) is 9.75 Å². The van der Waals surface area contributed by atoms with Crippen LogP contribution in [0, 0.1) is 13.8 Å². The van der Waals surface area contributed by atoms with Gasteiger partial charge in [0.25, 0.3) is 10.1 Å². The molecule has 134 valence electrons. The Kier molecular flexibility index (Phi) is 9.40. The van der Waals surface area contributed by atoms with Crippen LogP contribution in [0.3, 0.4) is 0 Å². The molecule has 1 heterocycles. The van der Waals surface area contributed by atoms with Crippen molar-refractivity contribution in [1.29, 1.82) is 0 Å². The van der Waals surface area contributed by atoms with E-state index < -0.39 is 10.1 Å². The van der Waals surface area contributed by atoms with Gasteiger partial charge in [-0.15, -0.1) is 11.3 Å². The van der Waals surface area contributed by atoms with Crippen LogP contribution in [0.1, 0.15) is 86.4 Å². The Morgan fingerprint density at radius 3 is 1.78 bits per heavy atom. The minimum Gasteiger partial charge on any atom is -0.282 e. The second kappa shape index (κ2) is 10.5. The molecule has 1 rings (SSSR count). The summed E-state index contributed by atoms with van der Waals surface area (Å²) < 4.78 is 32.5. The van der Waals surface area contributed by atoms with E-state index in [1.807, 2.05) is 6.92 Å². The second-order valence-corrected chi connectivity index (χ2v) is 9.22. The summed E-state index contributed by atoms with van der Waals surface area (Å²) in [5, 5.41) is 0. The molecule has 0 fully saturated rings. The molecule has 1 N–H and O–H groups in total. The lowest BCUT2D eigenvalue weighted by Gasteiger charge is -2.05. The topological polar surface area (TPSA) is 54.4 Å². The molecule has 0 saturated carbocycles. The Bertz CT molecular complexity index is 559. The maximum atomic E-state index is 11.5. The first-order valence-corrected chi connectivity index (χ1v) is 11.2. The maximum Gasteiger partial charge on any atom is 0.295 e. The molecule has 0 radical (unpaired) electrons. The number of unbranched alkanes of at least 4 members (excludes halogenated alkanes) is 9. The predicted octanol–water partition coefficient (Wildman–Crippen LogP) is 6.08. The minimum atomic E-state index is -4.10. The largest absolute Gasteiger partial charge is 0.295 e. The van der Waals surface area contributed by atoms with E-state index in [4.69, 9.17) is 0 Å². The van der Waals surface area contributed by atoms with E-state index in [0.717, 1.165) is 29.7 Å². The molecule has 0 aliphatic carbocycles. The minimum absolute atomic E-state index is 0.163. The molecule has 0 aliphatic heterocycles. The van der Waals surface area contributed by atoms with E-state index >= 15 is 0 Å². The highest BCUT2D eigenvalue weighted by Gasteiger charge is 2.22. The first-order chi connectivity index (χ1) is 10.9. The molecule has 0 aromatic carbocycles. The van der Waals surface area contributed by atoms with Crippen LogP contribution < -0.4 is 0 Å². The zero-order valence-electron chi connectivity index (χ0n) is 14.9. The van der Waals surface area contributed by atoms with Gasteiger partial charge in [-0.05, 0) is 32.3 Å². The maximum absolute atomic E-state index is 11.5. The molecule has 0 atom stereocenters. The van der Waals surface area contributed by atoms with E-state index in [9.17, 15) is 13.0 Å². The first kappa shape index (κ1) is 20.7. The third-order valence-electron chi connectivity index (χ3n) is 4.36. The quantitative estimate of drug-likeness (QED) is 0.363. The molecule has 0 saturated heterocycles. The molecule has 1 aromatic heterocycles. The normalized spacial score (nSPS) is 12.0. The van der Waals surface area contributed by atoms with Gasteiger partial charge in [-0.25, -0.2) is 0 Å². The van der Waals surface area contributed by atoms with Crippen LogP contribution >= 0.6 is 11.3 Å². The number of rotatable bonds is 12. The second-order valence-electron chi connectivity index (χ2n) is 6.43. The molecule has 0 amide bonds. The molecule has 0 unspecified atom stereocenters. The molecule has 0 spiro atoms. The van der Waals surface area contributed by atoms with Crippen LogP contribution in [0.5, 0.6) is 0 Å². The summed E-state index contributed by atoms with van der Waals surface area (Å²) in [6, 6.07) is 0. The van der Waals surface area contributed by atoms with Crippen LogP contribution in [0.15, 0.2) is 4.90 Å². The Hall–Kier alpha value is -0.390. The van der Waals surface area contributed by atoms with Crippen LogP contribution in [0.2, 0.25) is 0 Å². The van der Waals surface area contributed by atoms with Crippen molar-refractivity contribution in [3.63, 3.8) is 0 Å². The lowest BCUT2D eigenvalue weighted by molar-refractivity contribution is 0.481. The Labute approximate surface area is 146 Å². The number of aryl methyl sites for hydroxylation is 2. The van der Waals surface area contributed by atoms with E-state index in [0.29, 0.717) is 4.88 Å². The Morgan fingerprint density at radius 2 is 1.30 bits per heavy atom. The zero-order chi connectivity index (χ0) is 17.3. The molecule has 3 nitrogen and oxygen atoms in total. The summed E-state index contributed by atoms with van der Waals surface area (Å²) in [6.07, 6.45) is 13.4. The molecular formula is C18H32O3S2. The van der Waals surface area contributed by atoms with Gasteiger partial charge in [0.2, 0.25) is 0 Å². The Morgan fingerprint density at radius 1 is 0.826 bits per heavy atom. The van der Waals surface area contributed by atoms with E-state index in [1.54, 1.807) is 6.92 Å². The molecule has 0 bridgehead atoms. The fourth-order valence-electron chi connectivity index (χ4n) is 3.13. The summed E-state index contributed by atoms with van der Waals surface area (Å²) >= 11 is 1.46. The Balaban J connectivity index is 2.27. The SMILES string of the molecule is CCCCCCCCCCCCc1c(C)sc(C)c1S(=O)(=O)O.